The highest BCUT2D eigenvalue weighted by Gasteiger charge is 2.30. The Hall–Kier alpha value is -1.14. The molecule has 2 aromatic heterocycles. The summed E-state index contributed by atoms with van der Waals surface area (Å²) in [6.07, 6.45) is 6.43. The number of fused-ring (bicyclic) bond motifs is 2. The number of hydrogen-bond donors (Lipinski definition) is 0. The third-order valence-corrected chi connectivity index (χ3v) is 5.07. The molecule has 0 saturated carbocycles. The molecule has 128 valence electrons. The van der Waals surface area contributed by atoms with Crippen LogP contribution in [0.1, 0.15) is 39.5 Å². The Labute approximate surface area is 160 Å². The van der Waals surface area contributed by atoms with Crippen molar-refractivity contribution in [2.45, 2.75) is 39.5 Å². The van der Waals surface area contributed by atoms with Crippen LogP contribution in [-0.4, -0.2) is 23.1 Å². The average molecular weight is 454 g/mol. The summed E-state index contributed by atoms with van der Waals surface area (Å²) < 4.78 is 1.86. The van der Waals surface area contributed by atoms with Crippen LogP contribution in [0.3, 0.4) is 0 Å². The highest BCUT2D eigenvalue weighted by atomic mass is 79.9. The molecule has 0 fully saturated rings. The lowest BCUT2D eigenvalue weighted by Gasteiger charge is -2.38. The Morgan fingerprint density at radius 3 is 2.25 bits per heavy atom. The molecule has 4 nitrogen and oxygen atoms in total. The smallest absolute Gasteiger partial charge is 0.158 e. The van der Waals surface area contributed by atoms with Gasteiger partial charge in [0.05, 0.1) is 11.4 Å². The summed E-state index contributed by atoms with van der Waals surface area (Å²) in [5.74, 6) is 2.04. The first kappa shape index (κ1) is 17.7. The molecule has 0 radical (unpaired) electrons. The second-order valence-electron chi connectivity index (χ2n) is 5.98. The minimum atomic E-state index is 0.865. The zero-order valence-corrected chi connectivity index (χ0v) is 17.3. The van der Waals surface area contributed by atoms with E-state index in [4.69, 9.17) is 9.97 Å². The molecular weight excluding hydrogens is 432 g/mol. The molecule has 24 heavy (non-hydrogen) atoms. The Kier molecular flexibility index (Phi) is 5.76. The van der Waals surface area contributed by atoms with E-state index in [2.05, 4.69) is 67.6 Å². The molecule has 0 aromatic carbocycles. The van der Waals surface area contributed by atoms with Gasteiger partial charge in [-0.3, -0.25) is 0 Å². The summed E-state index contributed by atoms with van der Waals surface area (Å²) in [7, 11) is 0. The van der Waals surface area contributed by atoms with Crippen molar-refractivity contribution in [3.05, 3.63) is 33.5 Å². The summed E-state index contributed by atoms with van der Waals surface area (Å²) >= 11 is 7.11. The maximum absolute atomic E-state index is 4.79. The highest BCUT2D eigenvalue weighted by Crippen LogP contribution is 2.47. The van der Waals surface area contributed by atoms with Gasteiger partial charge in [-0.25, -0.2) is 9.97 Å². The van der Waals surface area contributed by atoms with Crippen molar-refractivity contribution in [1.29, 1.82) is 0 Å². The van der Waals surface area contributed by atoms with Gasteiger partial charge in [0.1, 0.15) is 4.60 Å². The molecule has 3 heterocycles. The van der Waals surface area contributed by atoms with Crippen LogP contribution in [0.25, 0.3) is 0 Å². The van der Waals surface area contributed by atoms with Crippen LogP contribution in [0.5, 0.6) is 0 Å². The summed E-state index contributed by atoms with van der Waals surface area (Å²) in [6, 6.07) is 6.32. The standard InChI is InChI=1S/C18H22Br2N4/c1-3-5-9-23-14-7-8-16(20)22-18(14)24(10-6-4-2)15-11-13(19)12-21-17(15)23/h7-8,11-12H,3-6,9-10H2,1-2H3. The maximum Gasteiger partial charge on any atom is 0.158 e. The molecule has 1 aliphatic rings. The fourth-order valence-corrected chi connectivity index (χ4v) is 3.59. The van der Waals surface area contributed by atoms with Crippen LogP contribution >= 0.6 is 31.9 Å². The summed E-state index contributed by atoms with van der Waals surface area (Å²) in [4.78, 5) is 14.1. The molecule has 3 rings (SSSR count). The lowest BCUT2D eigenvalue weighted by Crippen LogP contribution is -2.32. The third-order valence-electron chi connectivity index (χ3n) is 4.20. The van der Waals surface area contributed by atoms with Crippen LogP contribution in [0.15, 0.2) is 33.5 Å². The van der Waals surface area contributed by atoms with Gasteiger partial charge in [0.15, 0.2) is 11.6 Å². The first-order valence-corrected chi connectivity index (χ1v) is 10.1. The summed E-state index contributed by atoms with van der Waals surface area (Å²) in [5, 5.41) is 0. The van der Waals surface area contributed by atoms with Crippen molar-refractivity contribution in [1.82, 2.24) is 9.97 Å². The molecule has 0 amide bonds. The highest BCUT2D eigenvalue weighted by molar-refractivity contribution is 9.10. The lowest BCUT2D eigenvalue weighted by atomic mass is 10.1. The first-order valence-electron chi connectivity index (χ1n) is 8.52. The van der Waals surface area contributed by atoms with Gasteiger partial charge in [-0.1, -0.05) is 26.7 Å². The molecule has 0 N–H and O–H groups in total. The molecule has 2 aromatic rings. The van der Waals surface area contributed by atoms with Crippen LogP contribution in [-0.2, 0) is 0 Å². The zero-order chi connectivity index (χ0) is 17.1. The molecular formula is C18H22Br2N4. The van der Waals surface area contributed by atoms with Gasteiger partial charge < -0.3 is 9.80 Å². The first-order chi connectivity index (χ1) is 11.7. The molecule has 0 saturated heterocycles. The van der Waals surface area contributed by atoms with E-state index >= 15 is 0 Å². The van der Waals surface area contributed by atoms with Gasteiger partial charge in [-0.2, -0.15) is 0 Å². The number of halogens is 2. The van der Waals surface area contributed by atoms with Gasteiger partial charge in [0, 0.05) is 23.8 Å². The van der Waals surface area contributed by atoms with E-state index in [1.54, 1.807) is 0 Å². The van der Waals surface area contributed by atoms with Gasteiger partial charge in [0.2, 0.25) is 0 Å². The second kappa shape index (κ2) is 7.83. The Bertz CT molecular complexity index is 667. The average Bonchev–Trinajstić information content (AvgIpc) is 2.58. The third kappa shape index (κ3) is 3.45. The van der Waals surface area contributed by atoms with Crippen molar-refractivity contribution in [3.8, 4) is 0 Å². The number of hydrogen-bond acceptors (Lipinski definition) is 4. The predicted octanol–water partition coefficient (Wildman–Crippen LogP) is 6.19. The number of anilines is 4. The SMILES string of the molecule is CCCCN1c2ccc(Br)nc2N(CCCC)c2cc(Br)cnc21. The van der Waals surface area contributed by atoms with E-state index in [0.29, 0.717) is 0 Å². The number of rotatable bonds is 6. The second-order valence-corrected chi connectivity index (χ2v) is 7.71. The molecule has 0 atom stereocenters. The molecule has 0 spiro atoms. The molecule has 1 aliphatic heterocycles. The topological polar surface area (TPSA) is 32.3 Å². The molecule has 0 unspecified atom stereocenters. The summed E-state index contributed by atoms with van der Waals surface area (Å²) in [5.41, 5.74) is 2.28. The van der Waals surface area contributed by atoms with E-state index in [1.165, 1.54) is 0 Å². The van der Waals surface area contributed by atoms with Gasteiger partial charge in [0.25, 0.3) is 0 Å². The van der Waals surface area contributed by atoms with Crippen LogP contribution in [0, 0.1) is 0 Å². The van der Waals surface area contributed by atoms with Gasteiger partial charge in [-0.15, -0.1) is 0 Å². The van der Waals surface area contributed by atoms with Crippen LogP contribution in [0.4, 0.5) is 23.0 Å². The van der Waals surface area contributed by atoms with E-state index in [1.807, 2.05) is 12.3 Å². The van der Waals surface area contributed by atoms with Crippen LogP contribution < -0.4 is 9.80 Å². The van der Waals surface area contributed by atoms with Gasteiger partial charge >= 0.3 is 0 Å². The predicted molar refractivity (Wildman–Crippen MR) is 108 cm³/mol. The van der Waals surface area contributed by atoms with Crippen molar-refractivity contribution in [2.75, 3.05) is 22.9 Å². The normalized spacial score (nSPS) is 13.0. The number of pyridine rings is 2. The molecule has 6 heteroatoms. The zero-order valence-electron chi connectivity index (χ0n) is 14.1. The molecule has 0 bridgehead atoms. The minimum absolute atomic E-state index is 0.865. The van der Waals surface area contributed by atoms with Crippen molar-refractivity contribution >= 4 is 54.9 Å². The van der Waals surface area contributed by atoms with Crippen molar-refractivity contribution < 1.29 is 0 Å². The lowest BCUT2D eigenvalue weighted by molar-refractivity contribution is 0.747. The quantitative estimate of drug-likeness (QED) is 0.488. The number of aromatic nitrogens is 2. The monoisotopic (exact) mass is 452 g/mol. The number of unbranched alkanes of at least 4 members (excludes halogenated alkanes) is 2. The summed E-state index contributed by atoms with van der Waals surface area (Å²) in [6.45, 7) is 6.33. The Morgan fingerprint density at radius 1 is 0.917 bits per heavy atom. The van der Waals surface area contributed by atoms with E-state index in [0.717, 1.165) is 70.9 Å². The van der Waals surface area contributed by atoms with Crippen molar-refractivity contribution in [3.63, 3.8) is 0 Å². The number of nitrogens with zero attached hydrogens (tertiary/aromatic N) is 4. The van der Waals surface area contributed by atoms with Crippen molar-refractivity contribution in [2.24, 2.45) is 0 Å². The van der Waals surface area contributed by atoms with E-state index in [-0.39, 0.29) is 0 Å². The van der Waals surface area contributed by atoms with E-state index in [9.17, 15) is 0 Å². The fraction of sp³-hybridized carbons (Fsp3) is 0.444. The van der Waals surface area contributed by atoms with Gasteiger partial charge in [-0.05, 0) is 62.9 Å². The minimum Gasteiger partial charge on any atom is -0.321 e. The Morgan fingerprint density at radius 2 is 1.58 bits per heavy atom. The van der Waals surface area contributed by atoms with E-state index < -0.39 is 0 Å². The maximum atomic E-state index is 4.79. The Balaban J connectivity index is 2.13. The fourth-order valence-electron chi connectivity index (χ4n) is 2.97. The van der Waals surface area contributed by atoms with Crippen LogP contribution in [0.2, 0.25) is 0 Å². The largest absolute Gasteiger partial charge is 0.321 e. The molecule has 0 aliphatic carbocycles.